The van der Waals surface area contributed by atoms with Crippen molar-refractivity contribution in [3.8, 4) is 0 Å². The smallest absolute Gasteiger partial charge is 0.335 e. The molecule has 2 saturated heterocycles. The number of benzene rings is 2. The highest BCUT2D eigenvalue weighted by Crippen LogP contribution is 2.38. The number of piperazine rings is 1. The SMILES string of the molecule is CN.CN1CCN(c2cccc3c2CCN(C(=O)CC2CCN(C=N)CC2)C3C(=O)Nc2ccc(C(=O)O)cc2)C(=O)C1. The van der Waals surface area contributed by atoms with Gasteiger partial charge in [-0.2, -0.15) is 0 Å². The molecule has 43 heavy (non-hydrogen) atoms. The molecule has 3 aliphatic heterocycles. The third-order valence-electron chi connectivity index (χ3n) is 8.36. The van der Waals surface area contributed by atoms with Crippen LogP contribution in [0.3, 0.4) is 0 Å². The second-order valence-electron chi connectivity index (χ2n) is 11.1. The largest absolute Gasteiger partial charge is 0.478 e. The summed E-state index contributed by atoms with van der Waals surface area (Å²) in [5.41, 5.74) is 7.43. The topological polar surface area (TPSA) is 163 Å². The number of likely N-dealkylation sites (N-methyl/N-ethyl adjacent to an activating group) is 1. The molecule has 0 radical (unpaired) electrons. The molecule has 230 valence electrons. The molecule has 1 atom stereocenters. The highest BCUT2D eigenvalue weighted by molar-refractivity contribution is 6.00. The Balaban J connectivity index is 0.00000207. The van der Waals surface area contributed by atoms with Gasteiger partial charge in [0.2, 0.25) is 11.8 Å². The first kappa shape index (κ1) is 31.6. The van der Waals surface area contributed by atoms with E-state index in [4.69, 9.17) is 5.41 Å². The molecule has 5 N–H and O–H groups in total. The molecule has 5 rings (SSSR count). The van der Waals surface area contributed by atoms with Crippen molar-refractivity contribution in [2.75, 3.05) is 63.6 Å². The van der Waals surface area contributed by atoms with Gasteiger partial charge in [-0.05, 0) is 80.7 Å². The van der Waals surface area contributed by atoms with Gasteiger partial charge < -0.3 is 30.9 Å². The second kappa shape index (κ2) is 14.3. The summed E-state index contributed by atoms with van der Waals surface area (Å²) in [6.07, 6.45) is 3.82. The molecule has 0 aromatic heterocycles. The number of carboxylic acids is 1. The molecule has 0 spiro atoms. The average molecular weight is 592 g/mol. The Kier molecular flexibility index (Phi) is 10.5. The summed E-state index contributed by atoms with van der Waals surface area (Å²) in [7, 11) is 3.41. The average Bonchev–Trinajstić information content (AvgIpc) is 3.02. The first-order valence-electron chi connectivity index (χ1n) is 14.6. The van der Waals surface area contributed by atoms with Gasteiger partial charge in [-0.15, -0.1) is 0 Å². The van der Waals surface area contributed by atoms with Crippen LogP contribution in [0.5, 0.6) is 0 Å². The van der Waals surface area contributed by atoms with Gasteiger partial charge in [0.25, 0.3) is 5.91 Å². The highest BCUT2D eigenvalue weighted by atomic mass is 16.4. The van der Waals surface area contributed by atoms with Crippen LogP contribution < -0.4 is 16.0 Å². The number of carbonyl (C=O) groups is 4. The molecule has 2 aromatic carbocycles. The van der Waals surface area contributed by atoms with E-state index in [0.29, 0.717) is 43.7 Å². The molecule has 0 aliphatic carbocycles. The van der Waals surface area contributed by atoms with Gasteiger partial charge in [0.05, 0.1) is 18.4 Å². The second-order valence-corrected chi connectivity index (χ2v) is 11.1. The lowest BCUT2D eigenvalue weighted by Crippen LogP contribution is -2.50. The lowest BCUT2D eigenvalue weighted by molar-refractivity contribution is -0.140. The van der Waals surface area contributed by atoms with Crippen LogP contribution in [-0.2, 0) is 20.8 Å². The summed E-state index contributed by atoms with van der Waals surface area (Å²) in [4.78, 5) is 59.2. The molecule has 0 bridgehead atoms. The summed E-state index contributed by atoms with van der Waals surface area (Å²) >= 11 is 0. The van der Waals surface area contributed by atoms with E-state index in [1.165, 1.54) is 37.7 Å². The quantitative estimate of drug-likeness (QED) is 0.281. The highest BCUT2D eigenvalue weighted by Gasteiger charge is 2.39. The number of fused-ring (bicyclic) bond motifs is 1. The molecule has 3 aliphatic rings. The Morgan fingerprint density at radius 1 is 1.02 bits per heavy atom. The zero-order chi connectivity index (χ0) is 31.1. The number of piperidine rings is 1. The van der Waals surface area contributed by atoms with Crippen molar-refractivity contribution in [3.05, 3.63) is 59.2 Å². The molecule has 12 nitrogen and oxygen atoms in total. The zero-order valence-corrected chi connectivity index (χ0v) is 24.8. The Morgan fingerprint density at radius 3 is 2.35 bits per heavy atom. The fourth-order valence-electron chi connectivity index (χ4n) is 6.06. The number of hydrogen-bond acceptors (Lipinski definition) is 7. The van der Waals surface area contributed by atoms with E-state index in [1.54, 1.807) is 9.80 Å². The van der Waals surface area contributed by atoms with Crippen LogP contribution >= 0.6 is 0 Å². The molecular formula is C31H41N7O5. The first-order valence-corrected chi connectivity index (χ1v) is 14.6. The number of amides is 3. The number of likely N-dealkylation sites (tertiary alicyclic amines) is 1. The minimum Gasteiger partial charge on any atom is -0.478 e. The maximum Gasteiger partial charge on any atom is 0.335 e. The molecule has 2 fully saturated rings. The molecule has 0 saturated carbocycles. The molecule has 3 amide bonds. The van der Waals surface area contributed by atoms with Gasteiger partial charge in [0.1, 0.15) is 6.04 Å². The van der Waals surface area contributed by atoms with Crippen molar-refractivity contribution in [1.29, 1.82) is 5.41 Å². The van der Waals surface area contributed by atoms with E-state index < -0.39 is 12.0 Å². The predicted molar refractivity (Wildman–Crippen MR) is 164 cm³/mol. The van der Waals surface area contributed by atoms with Gasteiger partial charge in [0, 0.05) is 50.5 Å². The monoisotopic (exact) mass is 591 g/mol. The number of nitrogens with one attached hydrogen (secondary N) is 2. The summed E-state index contributed by atoms with van der Waals surface area (Å²) in [6.45, 7) is 3.44. The van der Waals surface area contributed by atoms with Crippen molar-refractivity contribution < 1.29 is 24.3 Å². The van der Waals surface area contributed by atoms with Crippen LogP contribution in [0.1, 0.15) is 46.8 Å². The number of rotatable bonds is 7. The van der Waals surface area contributed by atoms with Crippen LogP contribution in [0.4, 0.5) is 11.4 Å². The fraction of sp³-hybridized carbons (Fsp3) is 0.452. The van der Waals surface area contributed by atoms with Gasteiger partial charge in [-0.1, -0.05) is 12.1 Å². The first-order chi connectivity index (χ1) is 20.7. The summed E-state index contributed by atoms with van der Waals surface area (Å²) in [5.74, 6) is -1.35. The van der Waals surface area contributed by atoms with Gasteiger partial charge >= 0.3 is 5.97 Å². The van der Waals surface area contributed by atoms with Crippen LogP contribution in [-0.4, -0.2) is 103 Å². The van der Waals surface area contributed by atoms with Gasteiger partial charge in [-0.25, -0.2) is 4.79 Å². The number of carboxylic acid groups (broad SMARTS) is 1. The number of carbonyl (C=O) groups excluding carboxylic acids is 3. The minimum absolute atomic E-state index is 0.00134. The Labute approximate surface area is 251 Å². The van der Waals surface area contributed by atoms with Gasteiger partial charge in [-0.3, -0.25) is 24.7 Å². The maximum absolute atomic E-state index is 13.9. The van der Waals surface area contributed by atoms with E-state index in [0.717, 1.165) is 43.7 Å². The van der Waals surface area contributed by atoms with E-state index in [9.17, 15) is 24.3 Å². The number of nitrogens with two attached hydrogens (primary N) is 1. The van der Waals surface area contributed by atoms with E-state index in [-0.39, 0.29) is 29.2 Å². The Bertz CT molecular complexity index is 1340. The van der Waals surface area contributed by atoms with Crippen LogP contribution in [0, 0.1) is 11.3 Å². The zero-order valence-electron chi connectivity index (χ0n) is 24.8. The third-order valence-corrected chi connectivity index (χ3v) is 8.36. The summed E-state index contributed by atoms with van der Waals surface area (Å²) < 4.78 is 0. The van der Waals surface area contributed by atoms with Crippen molar-refractivity contribution in [2.45, 2.75) is 31.7 Å². The van der Waals surface area contributed by atoms with Crippen LogP contribution in [0.25, 0.3) is 0 Å². The normalized spacial score (nSPS) is 19.2. The predicted octanol–water partition coefficient (Wildman–Crippen LogP) is 2.01. The number of anilines is 2. The number of hydrogen-bond donors (Lipinski definition) is 4. The third kappa shape index (κ3) is 7.20. The van der Waals surface area contributed by atoms with Crippen LogP contribution in [0.15, 0.2) is 42.5 Å². The maximum atomic E-state index is 13.9. The lowest BCUT2D eigenvalue weighted by atomic mass is 9.88. The van der Waals surface area contributed by atoms with Crippen molar-refractivity contribution in [3.63, 3.8) is 0 Å². The van der Waals surface area contributed by atoms with Crippen LogP contribution in [0.2, 0.25) is 0 Å². The van der Waals surface area contributed by atoms with E-state index >= 15 is 0 Å². The fourth-order valence-corrected chi connectivity index (χ4v) is 6.06. The molecule has 2 aromatic rings. The summed E-state index contributed by atoms with van der Waals surface area (Å²) in [6, 6.07) is 10.6. The number of aromatic carboxylic acids is 1. The van der Waals surface area contributed by atoms with Crippen molar-refractivity contribution in [1.82, 2.24) is 14.7 Å². The molecule has 1 unspecified atom stereocenters. The summed E-state index contributed by atoms with van der Waals surface area (Å²) in [5, 5.41) is 19.6. The molecule has 12 heteroatoms. The van der Waals surface area contributed by atoms with Crippen molar-refractivity contribution >= 4 is 41.4 Å². The van der Waals surface area contributed by atoms with Crippen molar-refractivity contribution in [2.24, 2.45) is 11.7 Å². The Hall–Kier alpha value is -4.29. The van der Waals surface area contributed by atoms with E-state index in [2.05, 4.69) is 11.1 Å². The molecule has 3 heterocycles. The number of nitrogens with zero attached hydrogens (tertiary/aromatic N) is 4. The van der Waals surface area contributed by atoms with E-state index in [1.807, 2.05) is 35.0 Å². The standard InChI is InChI=1S/C30H36N6O5.CH5N/c1-33-15-16-35(27(38)18-33)25-4-2-3-24-23(25)11-14-36(26(37)17-20-9-12-34(19-31)13-10-20)28(24)29(39)32-22-7-5-21(6-8-22)30(40)41;1-2/h2-8,19-20,28,31H,9-18H2,1H3,(H,32,39)(H,40,41);2H2,1H3. The minimum atomic E-state index is -1.06. The Morgan fingerprint density at radius 2 is 1.72 bits per heavy atom. The molecular weight excluding hydrogens is 550 g/mol. The lowest BCUT2D eigenvalue weighted by Gasteiger charge is -2.40. The van der Waals surface area contributed by atoms with Gasteiger partial charge in [0.15, 0.2) is 0 Å².